The molecular formula is C16H20N4O4. The summed E-state index contributed by atoms with van der Waals surface area (Å²) in [7, 11) is 1.29. The molecule has 1 saturated heterocycles. The van der Waals surface area contributed by atoms with Crippen molar-refractivity contribution in [2.75, 3.05) is 26.7 Å². The summed E-state index contributed by atoms with van der Waals surface area (Å²) in [5.74, 6) is 0.0402. The van der Waals surface area contributed by atoms with E-state index in [-0.39, 0.29) is 18.2 Å². The Morgan fingerprint density at radius 1 is 1.46 bits per heavy atom. The Labute approximate surface area is 139 Å². The predicted octanol–water partition coefficient (Wildman–Crippen LogP) is 0.826. The van der Waals surface area contributed by atoms with E-state index < -0.39 is 5.97 Å². The number of nitrogens with one attached hydrogen (secondary N) is 1. The molecule has 3 heterocycles. The van der Waals surface area contributed by atoms with Crippen LogP contribution >= 0.6 is 0 Å². The Morgan fingerprint density at radius 3 is 3.08 bits per heavy atom. The van der Waals surface area contributed by atoms with Crippen LogP contribution in [0.5, 0.6) is 0 Å². The van der Waals surface area contributed by atoms with Crippen molar-refractivity contribution in [1.29, 1.82) is 0 Å². The number of rotatable bonds is 6. The highest BCUT2D eigenvalue weighted by molar-refractivity contribution is 5.86. The average Bonchev–Trinajstić information content (AvgIpc) is 3.32. The second-order valence-electron chi connectivity index (χ2n) is 5.72. The van der Waals surface area contributed by atoms with Crippen LogP contribution in [0.3, 0.4) is 0 Å². The summed E-state index contributed by atoms with van der Waals surface area (Å²) in [6.07, 6.45) is 6.53. The van der Waals surface area contributed by atoms with Crippen LogP contribution in [0, 0.1) is 0 Å². The van der Waals surface area contributed by atoms with E-state index in [9.17, 15) is 9.59 Å². The topological polar surface area (TPSA) is 89.6 Å². The molecule has 0 unspecified atom stereocenters. The number of likely N-dealkylation sites (tertiary alicyclic amines) is 1. The van der Waals surface area contributed by atoms with Gasteiger partial charge in [-0.1, -0.05) is 0 Å². The van der Waals surface area contributed by atoms with Crippen LogP contribution in [-0.2, 0) is 16.1 Å². The highest BCUT2D eigenvalue weighted by atomic mass is 16.5. The Morgan fingerprint density at radius 2 is 2.33 bits per heavy atom. The summed E-state index contributed by atoms with van der Waals surface area (Å²) in [4.78, 5) is 29.5. The first-order valence-corrected chi connectivity index (χ1v) is 7.79. The molecule has 1 N–H and O–H groups in total. The Hall–Kier alpha value is -2.61. The van der Waals surface area contributed by atoms with Gasteiger partial charge in [0.2, 0.25) is 11.7 Å². The van der Waals surface area contributed by atoms with Crippen molar-refractivity contribution in [3.63, 3.8) is 0 Å². The number of imidazole rings is 1. The number of hydrogen-bond acceptors (Lipinski definition) is 6. The Balaban J connectivity index is 1.43. The maximum absolute atomic E-state index is 12.1. The summed E-state index contributed by atoms with van der Waals surface area (Å²) in [6.45, 7) is 2.30. The van der Waals surface area contributed by atoms with Crippen molar-refractivity contribution < 1.29 is 18.7 Å². The molecule has 3 rings (SSSR count). The molecule has 0 aromatic carbocycles. The molecule has 1 fully saturated rings. The molecule has 128 valence electrons. The minimum Gasteiger partial charge on any atom is -0.463 e. The van der Waals surface area contributed by atoms with E-state index in [2.05, 4.69) is 24.5 Å². The Kier molecular flexibility index (Phi) is 4.95. The van der Waals surface area contributed by atoms with Crippen molar-refractivity contribution in [3.05, 3.63) is 42.4 Å². The van der Waals surface area contributed by atoms with E-state index in [1.165, 1.54) is 13.2 Å². The van der Waals surface area contributed by atoms with Gasteiger partial charge < -0.3 is 19.0 Å². The van der Waals surface area contributed by atoms with Gasteiger partial charge in [-0.15, -0.1) is 0 Å². The third-order valence-electron chi connectivity index (χ3n) is 4.07. The summed E-state index contributed by atoms with van der Waals surface area (Å²) in [5.41, 5.74) is 0. The Bertz CT molecular complexity index is 695. The largest absolute Gasteiger partial charge is 0.463 e. The molecular weight excluding hydrogens is 312 g/mol. The number of amides is 1. The molecule has 0 radical (unpaired) electrons. The van der Waals surface area contributed by atoms with Gasteiger partial charge in [0, 0.05) is 31.5 Å². The van der Waals surface area contributed by atoms with E-state index in [4.69, 9.17) is 4.42 Å². The highest BCUT2D eigenvalue weighted by Gasteiger charge is 2.24. The van der Waals surface area contributed by atoms with E-state index in [0.29, 0.717) is 18.3 Å². The number of methoxy groups -OCH3 is 1. The van der Waals surface area contributed by atoms with E-state index >= 15 is 0 Å². The van der Waals surface area contributed by atoms with Crippen LogP contribution in [0.4, 0.5) is 0 Å². The number of hydrogen-bond donors (Lipinski definition) is 1. The second kappa shape index (κ2) is 7.31. The SMILES string of the molecule is COC(=O)c1ccc(CNC(=O)CN2CC[C@@H](n3ccnc3)C2)o1. The van der Waals surface area contributed by atoms with Crippen LogP contribution in [0.2, 0.25) is 0 Å². The molecule has 0 aliphatic carbocycles. The van der Waals surface area contributed by atoms with Crippen LogP contribution in [-0.4, -0.2) is 53.1 Å². The third-order valence-corrected chi connectivity index (χ3v) is 4.07. The zero-order valence-corrected chi connectivity index (χ0v) is 13.5. The summed E-state index contributed by atoms with van der Waals surface area (Å²) < 4.78 is 12.0. The first-order valence-electron chi connectivity index (χ1n) is 7.79. The minimum absolute atomic E-state index is 0.0719. The molecule has 0 saturated carbocycles. The highest BCUT2D eigenvalue weighted by Crippen LogP contribution is 2.20. The van der Waals surface area contributed by atoms with Gasteiger partial charge in [0.15, 0.2) is 0 Å². The lowest BCUT2D eigenvalue weighted by atomic mass is 10.3. The summed E-state index contributed by atoms with van der Waals surface area (Å²) >= 11 is 0. The zero-order chi connectivity index (χ0) is 16.9. The summed E-state index contributed by atoms with van der Waals surface area (Å²) in [5, 5.41) is 2.80. The molecule has 24 heavy (non-hydrogen) atoms. The lowest BCUT2D eigenvalue weighted by Gasteiger charge is -2.16. The molecule has 1 amide bonds. The first-order chi connectivity index (χ1) is 11.7. The van der Waals surface area contributed by atoms with Gasteiger partial charge >= 0.3 is 5.97 Å². The molecule has 1 aliphatic rings. The summed E-state index contributed by atoms with van der Waals surface area (Å²) in [6, 6.07) is 3.55. The van der Waals surface area contributed by atoms with Gasteiger partial charge in [0.25, 0.3) is 0 Å². The van der Waals surface area contributed by atoms with Crippen LogP contribution in [0.15, 0.2) is 35.3 Å². The fourth-order valence-corrected chi connectivity index (χ4v) is 2.81. The van der Waals surface area contributed by atoms with E-state index in [1.54, 1.807) is 12.3 Å². The van der Waals surface area contributed by atoms with Crippen LogP contribution in [0.25, 0.3) is 0 Å². The van der Waals surface area contributed by atoms with Gasteiger partial charge in [-0.2, -0.15) is 0 Å². The number of esters is 1. The van der Waals surface area contributed by atoms with Crippen molar-refractivity contribution in [1.82, 2.24) is 19.8 Å². The number of furan rings is 1. The standard InChI is InChI=1S/C16H20N4O4/c1-23-16(22)14-3-2-13(24-14)8-18-15(21)10-19-6-4-12(9-19)20-7-5-17-11-20/h2-3,5,7,11-12H,4,6,8-10H2,1H3,(H,18,21)/t12-/m1/s1. The second-order valence-corrected chi connectivity index (χ2v) is 5.72. The third kappa shape index (κ3) is 3.83. The number of aromatic nitrogens is 2. The first kappa shape index (κ1) is 16.3. The van der Waals surface area contributed by atoms with Gasteiger partial charge in [-0.3, -0.25) is 9.69 Å². The van der Waals surface area contributed by atoms with Gasteiger partial charge in [-0.25, -0.2) is 9.78 Å². The molecule has 0 spiro atoms. The van der Waals surface area contributed by atoms with Crippen molar-refractivity contribution in [3.8, 4) is 0 Å². The van der Waals surface area contributed by atoms with Crippen molar-refractivity contribution in [2.45, 2.75) is 19.0 Å². The fraction of sp³-hybridized carbons (Fsp3) is 0.438. The average molecular weight is 332 g/mol. The quantitative estimate of drug-likeness (QED) is 0.788. The number of carbonyl (C=O) groups excluding carboxylic acids is 2. The molecule has 2 aromatic heterocycles. The van der Waals surface area contributed by atoms with Gasteiger partial charge in [-0.05, 0) is 18.6 Å². The van der Waals surface area contributed by atoms with Gasteiger partial charge in [0.1, 0.15) is 5.76 Å². The molecule has 0 bridgehead atoms. The zero-order valence-electron chi connectivity index (χ0n) is 13.5. The van der Waals surface area contributed by atoms with E-state index in [0.717, 1.165) is 19.5 Å². The molecule has 8 heteroatoms. The smallest absolute Gasteiger partial charge is 0.373 e. The van der Waals surface area contributed by atoms with Crippen LogP contribution < -0.4 is 5.32 Å². The maximum Gasteiger partial charge on any atom is 0.373 e. The number of nitrogens with zero attached hydrogens (tertiary/aromatic N) is 3. The normalized spacial score (nSPS) is 17.8. The maximum atomic E-state index is 12.1. The monoisotopic (exact) mass is 332 g/mol. The molecule has 2 aromatic rings. The van der Waals surface area contributed by atoms with E-state index in [1.807, 2.05) is 12.5 Å². The van der Waals surface area contributed by atoms with Crippen molar-refractivity contribution >= 4 is 11.9 Å². The number of carbonyl (C=O) groups is 2. The van der Waals surface area contributed by atoms with Crippen molar-refractivity contribution in [2.24, 2.45) is 0 Å². The van der Waals surface area contributed by atoms with Gasteiger partial charge in [0.05, 0.1) is 26.5 Å². The lowest BCUT2D eigenvalue weighted by molar-refractivity contribution is -0.122. The van der Waals surface area contributed by atoms with Crippen LogP contribution in [0.1, 0.15) is 28.8 Å². The number of ether oxygens (including phenoxy) is 1. The predicted molar refractivity (Wildman–Crippen MR) is 84.2 cm³/mol. The lowest BCUT2D eigenvalue weighted by Crippen LogP contribution is -2.35. The molecule has 8 nitrogen and oxygen atoms in total. The molecule has 1 aliphatic heterocycles. The molecule has 1 atom stereocenters. The minimum atomic E-state index is -0.532. The fourth-order valence-electron chi connectivity index (χ4n) is 2.81.